The Bertz CT molecular complexity index is 569. The van der Waals surface area contributed by atoms with Gasteiger partial charge in [0.25, 0.3) is 0 Å². The Morgan fingerprint density at radius 3 is 2.33 bits per heavy atom. The lowest BCUT2D eigenvalue weighted by molar-refractivity contribution is -0.128. The first-order chi connectivity index (χ1) is 11.5. The van der Waals surface area contributed by atoms with Gasteiger partial charge in [0.1, 0.15) is 5.82 Å². The molecule has 1 saturated carbocycles. The molecule has 0 saturated heterocycles. The normalized spacial score (nSPS) is 20.7. The molecule has 1 aliphatic carbocycles. The van der Waals surface area contributed by atoms with Crippen LogP contribution < -0.4 is 10.6 Å². The summed E-state index contributed by atoms with van der Waals surface area (Å²) in [6.45, 7) is 1.46. The van der Waals surface area contributed by atoms with E-state index in [1.165, 1.54) is 12.1 Å². The summed E-state index contributed by atoms with van der Waals surface area (Å²) in [4.78, 5) is 26.4. The average molecular weight is 335 g/mol. The van der Waals surface area contributed by atoms with Gasteiger partial charge in [0.05, 0.1) is 0 Å². The number of halogens is 1. The van der Waals surface area contributed by atoms with Crippen LogP contribution in [0.15, 0.2) is 24.3 Å². The molecule has 0 bridgehead atoms. The molecule has 2 rings (SSSR count). The summed E-state index contributed by atoms with van der Waals surface area (Å²) in [5, 5.41) is 5.71. The predicted molar refractivity (Wildman–Crippen MR) is 92.0 cm³/mol. The zero-order valence-corrected chi connectivity index (χ0v) is 14.3. The molecule has 1 fully saturated rings. The third-order valence-corrected chi connectivity index (χ3v) is 4.42. The van der Waals surface area contributed by atoms with Crippen molar-refractivity contribution in [1.82, 2.24) is 10.2 Å². The van der Waals surface area contributed by atoms with E-state index >= 15 is 0 Å². The number of hydrogen-bond donors (Lipinski definition) is 2. The highest BCUT2D eigenvalue weighted by Crippen LogP contribution is 2.29. The Morgan fingerprint density at radius 1 is 1.12 bits per heavy atom. The molecule has 5 nitrogen and oxygen atoms in total. The maximum atomic E-state index is 13.2. The zero-order valence-electron chi connectivity index (χ0n) is 14.3. The van der Waals surface area contributed by atoms with Crippen molar-refractivity contribution in [2.45, 2.75) is 25.7 Å². The molecular formula is C18H26FN3O2. The fraction of sp³-hybridized carbons (Fsp3) is 0.556. The van der Waals surface area contributed by atoms with E-state index in [4.69, 9.17) is 0 Å². The minimum atomic E-state index is -0.370. The van der Waals surface area contributed by atoms with Gasteiger partial charge in [-0.25, -0.2) is 4.39 Å². The van der Waals surface area contributed by atoms with Crippen molar-refractivity contribution in [1.29, 1.82) is 0 Å². The van der Waals surface area contributed by atoms with Gasteiger partial charge in [-0.3, -0.25) is 9.59 Å². The van der Waals surface area contributed by atoms with Crippen LogP contribution in [0.3, 0.4) is 0 Å². The molecule has 0 unspecified atom stereocenters. The fourth-order valence-corrected chi connectivity index (χ4v) is 2.98. The summed E-state index contributed by atoms with van der Waals surface area (Å²) in [6, 6.07) is 5.89. The Morgan fingerprint density at radius 2 is 1.75 bits per heavy atom. The molecule has 2 amide bonds. The fourth-order valence-electron chi connectivity index (χ4n) is 2.98. The van der Waals surface area contributed by atoms with Crippen molar-refractivity contribution in [2.75, 3.05) is 32.5 Å². The van der Waals surface area contributed by atoms with Crippen LogP contribution in [0, 0.1) is 17.7 Å². The second-order valence-electron chi connectivity index (χ2n) is 6.64. The van der Waals surface area contributed by atoms with E-state index in [9.17, 15) is 14.0 Å². The molecule has 24 heavy (non-hydrogen) atoms. The Balaban J connectivity index is 1.75. The van der Waals surface area contributed by atoms with Crippen LogP contribution in [0.4, 0.5) is 10.1 Å². The van der Waals surface area contributed by atoms with Crippen LogP contribution >= 0.6 is 0 Å². The monoisotopic (exact) mass is 335 g/mol. The van der Waals surface area contributed by atoms with Gasteiger partial charge in [-0.05, 0) is 58.0 Å². The number of carbonyl (C=O) groups excluding carboxylic acids is 2. The molecule has 0 atom stereocenters. The third kappa shape index (κ3) is 5.60. The maximum Gasteiger partial charge on any atom is 0.227 e. The number of anilines is 1. The van der Waals surface area contributed by atoms with Crippen LogP contribution in [0.2, 0.25) is 0 Å². The quantitative estimate of drug-likeness (QED) is 0.838. The van der Waals surface area contributed by atoms with Crippen molar-refractivity contribution in [3.8, 4) is 0 Å². The van der Waals surface area contributed by atoms with E-state index < -0.39 is 0 Å². The van der Waals surface area contributed by atoms with Crippen LogP contribution in [0.1, 0.15) is 25.7 Å². The molecule has 1 aromatic carbocycles. The molecule has 1 aliphatic rings. The molecule has 0 aromatic heterocycles. The number of carbonyl (C=O) groups is 2. The second-order valence-corrected chi connectivity index (χ2v) is 6.64. The second kappa shape index (κ2) is 8.78. The molecule has 0 heterocycles. The molecule has 132 valence electrons. The van der Waals surface area contributed by atoms with E-state index in [1.807, 2.05) is 19.0 Å². The van der Waals surface area contributed by atoms with E-state index in [1.54, 1.807) is 12.1 Å². The smallest absolute Gasteiger partial charge is 0.227 e. The first-order valence-corrected chi connectivity index (χ1v) is 8.44. The lowest BCUT2D eigenvalue weighted by Crippen LogP contribution is -2.38. The molecule has 0 spiro atoms. The Hall–Kier alpha value is -1.95. The predicted octanol–water partition coefficient (Wildman–Crippen LogP) is 2.25. The van der Waals surface area contributed by atoms with Gasteiger partial charge < -0.3 is 15.5 Å². The van der Waals surface area contributed by atoms with E-state index in [-0.39, 0.29) is 29.5 Å². The first-order valence-electron chi connectivity index (χ1n) is 8.44. The average Bonchev–Trinajstić information content (AvgIpc) is 2.54. The highest BCUT2D eigenvalue weighted by molar-refractivity contribution is 5.92. The van der Waals surface area contributed by atoms with Gasteiger partial charge in [0.15, 0.2) is 0 Å². The van der Waals surface area contributed by atoms with E-state index in [2.05, 4.69) is 10.6 Å². The number of amides is 2. The van der Waals surface area contributed by atoms with Crippen LogP contribution in [-0.4, -0.2) is 43.9 Å². The van der Waals surface area contributed by atoms with Gasteiger partial charge in [0.2, 0.25) is 11.8 Å². The lowest BCUT2D eigenvalue weighted by Gasteiger charge is -2.27. The van der Waals surface area contributed by atoms with Crippen LogP contribution in [0.5, 0.6) is 0 Å². The number of nitrogens with zero attached hydrogens (tertiary/aromatic N) is 1. The number of benzene rings is 1. The highest BCUT2D eigenvalue weighted by atomic mass is 19.1. The molecule has 0 radical (unpaired) electrons. The number of hydrogen-bond acceptors (Lipinski definition) is 3. The van der Waals surface area contributed by atoms with Crippen LogP contribution in [0.25, 0.3) is 0 Å². The number of rotatable bonds is 6. The number of likely N-dealkylation sites (N-methyl/N-ethyl adjacent to an activating group) is 1. The molecular weight excluding hydrogens is 309 g/mol. The van der Waals surface area contributed by atoms with Gasteiger partial charge in [0, 0.05) is 30.6 Å². The largest absolute Gasteiger partial charge is 0.355 e. The van der Waals surface area contributed by atoms with Crippen molar-refractivity contribution < 1.29 is 14.0 Å². The highest BCUT2D eigenvalue weighted by Gasteiger charge is 2.29. The molecule has 0 aliphatic heterocycles. The first kappa shape index (κ1) is 18.4. The van der Waals surface area contributed by atoms with Crippen LogP contribution in [-0.2, 0) is 9.59 Å². The number of nitrogens with one attached hydrogen (secondary N) is 2. The van der Waals surface area contributed by atoms with Crippen molar-refractivity contribution >= 4 is 17.5 Å². The van der Waals surface area contributed by atoms with Crippen molar-refractivity contribution in [3.05, 3.63) is 30.1 Å². The maximum absolute atomic E-state index is 13.2. The van der Waals surface area contributed by atoms with Gasteiger partial charge in [-0.15, -0.1) is 0 Å². The van der Waals surface area contributed by atoms with Gasteiger partial charge in [-0.2, -0.15) is 0 Å². The topological polar surface area (TPSA) is 61.4 Å². The molecule has 2 N–H and O–H groups in total. The summed E-state index contributed by atoms with van der Waals surface area (Å²) in [7, 11) is 3.93. The lowest BCUT2D eigenvalue weighted by atomic mass is 9.81. The SMILES string of the molecule is CN(C)CCNC(=O)C1CCC(C(=O)Nc2cccc(F)c2)CC1. The summed E-state index contributed by atoms with van der Waals surface area (Å²) in [5.41, 5.74) is 0.476. The summed E-state index contributed by atoms with van der Waals surface area (Å²) >= 11 is 0. The van der Waals surface area contributed by atoms with E-state index in [0.717, 1.165) is 19.4 Å². The zero-order chi connectivity index (χ0) is 17.5. The summed E-state index contributed by atoms with van der Waals surface area (Å²) in [6.07, 6.45) is 2.81. The van der Waals surface area contributed by atoms with Crippen molar-refractivity contribution in [2.24, 2.45) is 11.8 Å². The Kier molecular flexibility index (Phi) is 6.73. The third-order valence-electron chi connectivity index (χ3n) is 4.42. The standard InChI is InChI=1S/C18H26FN3O2/c1-22(2)11-10-20-17(23)13-6-8-14(9-7-13)18(24)21-16-5-3-4-15(19)12-16/h3-5,12-14H,6-11H2,1-2H3,(H,20,23)(H,21,24). The van der Waals surface area contributed by atoms with E-state index in [0.29, 0.717) is 25.1 Å². The summed E-state index contributed by atoms with van der Waals surface area (Å²) in [5.74, 6) is -0.497. The van der Waals surface area contributed by atoms with Gasteiger partial charge in [-0.1, -0.05) is 6.07 Å². The summed E-state index contributed by atoms with van der Waals surface area (Å²) < 4.78 is 13.2. The Labute approximate surface area is 142 Å². The minimum absolute atomic E-state index is 0.00891. The van der Waals surface area contributed by atoms with Crippen molar-refractivity contribution in [3.63, 3.8) is 0 Å². The minimum Gasteiger partial charge on any atom is -0.355 e. The molecule has 1 aromatic rings. The van der Waals surface area contributed by atoms with Gasteiger partial charge >= 0.3 is 0 Å². The molecule has 6 heteroatoms.